The van der Waals surface area contributed by atoms with E-state index in [0.717, 1.165) is 0 Å². The average molecular weight is 116 g/mol. The summed E-state index contributed by atoms with van der Waals surface area (Å²) in [6.07, 6.45) is 0.679. The standard InChI is InChI=1S/C5H8O3/c1-8-4-2-3(4)5(6)7/h3-4H,2H2,1H3,(H,6,7)/t3-,4+/m1/s1. The van der Waals surface area contributed by atoms with E-state index in [0.29, 0.717) is 6.42 Å². The lowest BCUT2D eigenvalue weighted by molar-refractivity contribution is -0.139. The second-order valence-electron chi connectivity index (χ2n) is 1.95. The van der Waals surface area contributed by atoms with E-state index >= 15 is 0 Å². The van der Waals surface area contributed by atoms with E-state index in [4.69, 9.17) is 9.84 Å². The minimum absolute atomic E-state index is 0.00694. The van der Waals surface area contributed by atoms with Crippen molar-refractivity contribution in [2.45, 2.75) is 12.5 Å². The molecule has 0 radical (unpaired) electrons. The maximum absolute atomic E-state index is 10.1. The third kappa shape index (κ3) is 0.816. The van der Waals surface area contributed by atoms with E-state index in [2.05, 4.69) is 0 Å². The van der Waals surface area contributed by atoms with Gasteiger partial charge >= 0.3 is 5.97 Å². The van der Waals surface area contributed by atoms with Crippen molar-refractivity contribution in [3.8, 4) is 0 Å². The first kappa shape index (κ1) is 5.56. The van der Waals surface area contributed by atoms with Crippen molar-refractivity contribution in [2.24, 2.45) is 5.92 Å². The molecular weight excluding hydrogens is 108 g/mol. The van der Waals surface area contributed by atoms with Crippen LogP contribution >= 0.6 is 0 Å². The van der Waals surface area contributed by atoms with Gasteiger partial charge in [0.25, 0.3) is 0 Å². The van der Waals surface area contributed by atoms with Crippen LogP contribution in [0.15, 0.2) is 0 Å². The molecular formula is C5H8O3. The number of aliphatic carboxylic acids is 1. The highest BCUT2D eigenvalue weighted by molar-refractivity contribution is 5.74. The van der Waals surface area contributed by atoms with E-state index in [1.807, 2.05) is 0 Å². The molecule has 1 rings (SSSR count). The van der Waals surface area contributed by atoms with Gasteiger partial charge in [0.1, 0.15) is 0 Å². The first-order valence-corrected chi connectivity index (χ1v) is 2.51. The summed E-state index contributed by atoms with van der Waals surface area (Å²) in [5.41, 5.74) is 0. The lowest BCUT2D eigenvalue weighted by Crippen LogP contribution is -2.02. The largest absolute Gasteiger partial charge is 0.481 e. The van der Waals surface area contributed by atoms with Crippen LogP contribution in [0.1, 0.15) is 6.42 Å². The summed E-state index contributed by atoms with van der Waals surface area (Å²) in [5.74, 6) is -0.961. The molecule has 0 bridgehead atoms. The number of carboxylic acid groups (broad SMARTS) is 1. The maximum Gasteiger partial charge on any atom is 0.309 e. The van der Waals surface area contributed by atoms with Gasteiger partial charge in [0, 0.05) is 7.11 Å². The smallest absolute Gasteiger partial charge is 0.309 e. The summed E-state index contributed by atoms with van der Waals surface area (Å²) in [4.78, 5) is 10.1. The van der Waals surface area contributed by atoms with Crippen molar-refractivity contribution in [3.63, 3.8) is 0 Å². The zero-order valence-corrected chi connectivity index (χ0v) is 4.63. The van der Waals surface area contributed by atoms with Crippen molar-refractivity contribution >= 4 is 5.97 Å². The molecule has 0 aromatic carbocycles. The van der Waals surface area contributed by atoms with Crippen molar-refractivity contribution in [1.29, 1.82) is 0 Å². The van der Waals surface area contributed by atoms with Gasteiger partial charge in [0.05, 0.1) is 12.0 Å². The fraction of sp³-hybridized carbons (Fsp3) is 0.800. The fourth-order valence-corrected chi connectivity index (χ4v) is 0.692. The zero-order valence-electron chi connectivity index (χ0n) is 4.63. The Hall–Kier alpha value is -0.570. The summed E-state index contributed by atoms with van der Waals surface area (Å²) in [5, 5.41) is 8.27. The lowest BCUT2D eigenvalue weighted by Gasteiger charge is -1.87. The second kappa shape index (κ2) is 1.74. The zero-order chi connectivity index (χ0) is 6.15. The van der Waals surface area contributed by atoms with Crippen LogP contribution in [0, 0.1) is 5.92 Å². The average Bonchev–Trinajstić information content (AvgIpc) is 2.42. The molecule has 1 saturated carbocycles. The minimum atomic E-state index is -0.739. The van der Waals surface area contributed by atoms with Gasteiger partial charge in [-0.25, -0.2) is 0 Å². The summed E-state index contributed by atoms with van der Waals surface area (Å²) in [7, 11) is 1.54. The number of carbonyl (C=O) groups is 1. The normalized spacial score (nSPS) is 34.6. The Labute approximate surface area is 47.3 Å². The van der Waals surface area contributed by atoms with Crippen LogP contribution < -0.4 is 0 Å². The van der Waals surface area contributed by atoms with E-state index in [9.17, 15) is 4.79 Å². The molecule has 8 heavy (non-hydrogen) atoms. The Balaban J connectivity index is 2.26. The van der Waals surface area contributed by atoms with Gasteiger partial charge in [-0.3, -0.25) is 4.79 Å². The molecule has 0 spiro atoms. The first-order chi connectivity index (χ1) is 3.75. The third-order valence-electron chi connectivity index (χ3n) is 1.35. The number of hydrogen-bond acceptors (Lipinski definition) is 2. The predicted octanol–water partition coefficient (Wildman–Crippen LogP) is 0.106. The molecule has 0 aliphatic heterocycles. The summed E-state index contributed by atoms with van der Waals surface area (Å²) in [6.45, 7) is 0. The van der Waals surface area contributed by atoms with Crippen LogP contribution in [0.4, 0.5) is 0 Å². The first-order valence-electron chi connectivity index (χ1n) is 2.51. The molecule has 0 unspecified atom stereocenters. The van der Waals surface area contributed by atoms with Crippen LogP contribution in [0.2, 0.25) is 0 Å². The molecule has 0 heterocycles. The van der Waals surface area contributed by atoms with Crippen molar-refractivity contribution in [1.82, 2.24) is 0 Å². The molecule has 0 saturated heterocycles. The monoisotopic (exact) mass is 116 g/mol. The van der Waals surface area contributed by atoms with Crippen LogP contribution in [0.25, 0.3) is 0 Å². The molecule has 1 aliphatic rings. The molecule has 2 atom stereocenters. The Morgan fingerprint density at radius 2 is 2.50 bits per heavy atom. The molecule has 0 aromatic rings. The Morgan fingerprint density at radius 1 is 1.88 bits per heavy atom. The van der Waals surface area contributed by atoms with Gasteiger partial charge in [-0.1, -0.05) is 0 Å². The molecule has 0 aromatic heterocycles. The summed E-state index contributed by atoms with van der Waals surface area (Å²) >= 11 is 0. The van der Waals surface area contributed by atoms with Crippen molar-refractivity contribution < 1.29 is 14.6 Å². The van der Waals surface area contributed by atoms with E-state index < -0.39 is 5.97 Å². The molecule has 1 aliphatic carbocycles. The molecule has 1 N–H and O–H groups in total. The topological polar surface area (TPSA) is 46.5 Å². The lowest BCUT2D eigenvalue weighted by atomic mass is 10.4. The minimum Gasteiger partial charge on any atom is -0.481 e. The maximum atomic E-state index is 10.1. The van der Waals surface area contributed by atoms with Crippen molar-refractivity contribution in [2.75, 3.05) is 7.11 Å². The van der Waals surface area contributed by atoms with Gasteiger partial charge in [-0.2, -0.15) is 0 Å². The summed E-state index contributed by atoms with van der Waals surface area (Å²) < 4.78 is 4.75. The number of carboxylic acids is 1. The predicted molar refractivity (Wildman–Crippen MR) is 26.5 cm³/mol. The van der Waals surface area contributed by atoms with E-state index in [1.54, 1.807) is 0 Å². The Morgan fingerprint density at radius 3 is 2.62 bits per heavy atom. The summed E-state index contributed by atoms with van der Waals surface area (Å²) in [6, 6.07) is 0. The quantitative estimate of drug-likeness (QED) is 0.556. The number of methoxy groups -OCH3 is 1. The van der Waals surface area contributed by atoms with Gasteiger partial charge < -0.3 is 9.84 Å². The van der Waals surface area contributed by atoms with Crippen LogP contribution in [-0.2, 0) is 9.53 Å². The number of hydrogen-bond donors (Lipinski definition) is 1. The Bertz CT molecular complexity index is 110. The van der Waals surface area contributed by atoms with Crippen LogP contribution in [-0.4, -0.2) is 24.3 Å². The Kier molecular flexibility index (Phi) is 1.21. The van der Waals surface area contributed by atoms with Gasteiger partial charge in [-0.05, 0) is 6.42 Å². The molecule has 46 valence electrons. The SMILES string of the molecule is CO[C@H]1C[C@H]1C(=O)O. The van der Waals surface area contributed by atoms with Gasteiger partial charge in [0.2, 0.25) is 0 Å². The third-order valence-corrected chi connectivity index (χ3v) is 1.35. The van der Waals surface area contributed by atoms with E-state index in [-0.39, 0.29) is 12.0 Å². The number of rotatable bonds is 2. The highest BCUT2D eigenvalue weighted by Crippen LogP contribution is 2.32. The molecule has 3 nitrogen and oxygen atoms in total. The molecule has 0 amide bonds. The van der Waals surface area contributed by atoms with Crippen LogP contribution in [0.5, 0.6) is 0 Å². The van der Waals surface area contributed by atoms with Crippen LogP contribution in [0.3, 0.4) is 0 Å². The molecule has 3 heteroatoms. The van der Waals surface area contributed by atoms with Gasteiger partial charge in [-0.15, -0.1) is 0 Å². The van der Waals surface area contributed by atoms with Gasteiger partial charge in [0.15, 0.2) is 0 Å². The van der Waals surface area contributed by atoms with Crippen molar-refractivity contribution in [3.05, 3.63) is 0 Å². The highest BCUT2D eigenvalue weighted by Gasteiger charge is 2.43. The highest BCUT2D eigenvalue weighted by atomic mass is 16.5. The number of ether oxygens (including phenoxy) is 1. The fourth-order valence-electron chi connectivity index (χ4n) is 0.692. The van der Waals surface area contributed by atoms with E-state index in [1.165, 1.54) is 7.11 Å². The molecule has 1 fully saturated rings. The second-order valence-corrected chi connectivity index (χ2v) is 1.95.